The lowest BCUT2D eigenvalue weighted by molar-refractivity contribution is 0.0591. The summed E-state index contributed by atoms with van der Waals surface area (Å²) < 4.78 is 23.8. The van der Waals surface area contributed by atoms with Crippen molar-refractivity contribution in [3.63, 3.8) is 0 Å². The Labute approximate surface area is 245 Å². The Bertz CT molecular complexity index is 1620. The Kier molecular flexibility index (Phi) is 7.66. The van der Waals surface area contributed by atoms with Gasteiger partial charge in [-0.15, -0.1) is 5.10 Å². The van der Waals surface area contributed by atoms with E-state index in [1.807, 2.05) is 53.2 Å². The van der Waals surface area contributed by atoms with Crippen molar-refractivity contribution in [1.82, 2.24) is 24.5 Å². The summed E-state index contributed by atoms with van der Waals surface area (Å²) in [5.41, 5.74) is 4.89. The molecule has 0 bridgehead atoms. The highest BCUT2D eigenvalue weighted by Crippen LogP contribution is 2.55. The van der Waals surface area contributed by atoms with Crippen LogP contribution in [0, 0.1) is 5.82 Å². The lowest BCUT2D eigenvalue weighted by Crippen LogP contribution is -2.43. The van der Waals surface area contributed by atoms with Gasteiger partial charge >= 0.3 is 5.97 Å². The van der Waals surface area contributed by atoms with Gasteiger partial charge in [0.1, 0.15) is 5.82 Å². The van der Waals surface area contributed by atoms with Crippen LogP contribution in [0.5, 0.6) is 0 Å². The van der Waals surface area contributed by atoms with E-state index < -0.39 is 11.8 Å². The smallest absolute Gasteiger partial charge is 0.339 e. The van der Waals surface area contributed by atoms with E-state index in [4.69, 9.17) is 4.74 Å². The maximum atomic E-state index is 15.0. The number of hydrogen-bond acceptors (Lipinski definition) is 5. The monoisotopic (exact) mass is 569 g/mol. The number of amides is 1. The molecule has 2 aromatic carbocycles. The summed E-state index contributed by atoms with van der Waals surface area (Å²) in [7, 11) is 3.22. The Morgan fingerprint density at radius 1 is 1.07 bits per heavy atom. The van der Waals surface area contributed by atoms with Gasteiger partial charge in [-0.1, -0.05) is 30.7 Å². The quantitative estimate of drug-likeness (QED) is 0.234. The lowest BCUT2D eigenvalue weighted by atomic mass is 9.96. The number of hydrogen-bond donors (Lipinski definition) is 0. The Morgan fingerprint density at radius 2 is 1.93 bits per heavy atom. The maximum Gasteiger partial charge on any atom is 0.339 e. The van der Waals surface area contributed by atoms with Crippen LogP contribution in [0.3, 0.4) is 0 Å². The number of aromatic nitrogens is 4. The SMILES string of the molecule is CCCC1CCCCN1C(=O)c1cc(F)cc(-c2cccc(-n3ccc(C(=O)OC)c3C3CC3c3cn(C)nn3)c2)c1. The lowest BCUT2D eigenvalue weighted by Gasteiger charge is -2.36. The molecule has 0 N–H and O–H groups in total. The summed E-state index contributed by atoms with van der Waals surface area (Å²) >= 11 is 0. The van der Waals surface area contributed by atoms with Crippen molar-refractivity contribution < 1.29 is 18.7 Å². The third-order valence-electron chi connectivity index (χ3n) is 8.59. The van der Waals surface area contributed by atoms with Crippen molar-refractivity contribution >= 4 is 11.9 Å². The second-order valence-corrected chi connectivity index (χ2v) is 11.5. The summed E-state index contributed by atoms with van der Waals surface area (Å²) in [6.07, 6.45) is 9.69. The van der Waals surface area contributed by atoms with Gasteiger partial charge in [-0.25, -0.2) is 9.18 Å². The summed E-state index contributed by atoms with van der Waals surface area (Å²) in [6.45, 7) is 2.84. The van der Waals surface area contributed by atoms with E-state index in [2.05, 4.69) is 17.2 Å². The molecule has 2 aromatic heterocycles. The summed E-state index contributed by atoms with van der Waals surface area (Å²) in [4.78, 5) is 28.3. The average molecular weight is 570 g/mol. The molecule has 218 valence electrons. The molecule has 1 aliphatic carbocycles. The molecule has 0 spiro atoms. The van der Waals surface area contributed by atoms with E-state index in [-0.39, 0.29) is 23.8 Å². The van der Waals surface area contributed by atoms with Crippen LogP contribution < -0.4 is 0 Å². The molecular weight excluding hydrogens is 533 g/mol. The van der Waals surface area contributed by atoms with Crippen LogP contribution in [-0.4, -0.2) is 56.0 Å². The Hall–Kier alpha value is -4.27. The number of ether oxygens (including phenoxy) is 1. The van der Waals surface area contributed by atoms with E-state index in [9.17, 15) is 14.0 Å². The third kappa shape index (κ3) is 5.35. The fraction of sp³-hybridized carbons (Fsp3) is 0.394. The third-order valence-corrected chi connectivity index (χ3v) is 8.59. The van der Waals surface area contributed by atoms with E-state index in [1.165, 1.54) is 19.2 Å². The Morgan fingerprint density at radius 3 is 2.69 bits per heavy atom. The highest BCUT2D eigenvalue weighted by molar-refractivity contribution is 5.96. The predicted molar refractivity (Wildman–Crippen MR) is 157 cm³/mol. The number of nitrogens with zero attached hydrogens (tertiary/aromatic N) is 5. The number of aryl methyl sites for hydroxylation is 1. The highest BCUT2D eigenvalue weighted by atomic mass is 19.1. The van der Waals surface area contributed by atoms with Gasteiger partial charge in [0.25, 0.3) is 5.91 Å². The van der Waals surface area contributed by atoms with Crippen molar-refractivity contribution in [2.75, 3.05) is 13.7 Å². The van der Waals surface area contributed by atoms with Gasteiger partial charge < -0.3 is 14.2 Å². The zero-order chi connectivity index (χ0) is 29.4. The van der Waals surface area contributed by atoms with Gasteiger partial charge in [-0.2, -0.15) is 0 Å². The van der Waals surface area contributed by atoms with Crippen molar-refractivity contribution in [2.45, 2.75) is 63.3 Å². The van der Waals surface area contributed by atoms with Gasteiger partial charge in [0.05, 0.1) is 18.4 Å². The van der Waals surface area contributed by atoms with Crippen LogP contribution in [0.2, 0.25) is 0 Å². The average Bonchev–Trinajstić information content (AvgIpc) is 3.45. The molecule has 42 heavy (non-hydrogen) atoms. The van der Waals surface area contributed by atoms with Gasteiger partial charge in [0.15, 0.2) is 0 Å². The van der Waals surface area contributed by atoms with Crippen molar-refractivity contribution in [3.8, 4) is 16.8 Å². The number of esters is 1. The molecule has 0 radical (unpaired) electrons. The van der Waals surface area contributed by atoms with Gasteiger partial charge in [-0.05, 0) is 79.6 Å². The fourth-order valence-corrected chi connectivity index (χ4v) is 6.47. The van der Waals surface area contributed by atoms with E-state index >= 15 is 0 Å². The molecule has 2 aliphatic rings. The first-order valence-electron chi connectivity index (χ1n) is 14.8. The first kappa shape index (κ1) is 27.9. The van der Waals surface area contributed by atoms with Gasteiger partial charge in [0.2, 0.25) is 0 Å². The van der Waals surface area contributed by atoms with E-state index in [1.54, 1.807) is 16.8 Å². The highest BCUT2D eigenvalue weighted by Gasteiger charge is 2.45. The van der Waals surface area contributed by atoms with E-state index in [0.29, 0.717) is 23.2 Å². The largest absolute Gasteiger partial charge is 0.465 e. The summed E-state index contributed by atoms with van der Waals surface area (Å²) in [6, 6.07) is 14.3. The minimum Gasteiger partial charge on any atom is -0.465 e. The molecule has 8 nitrogen and oxygen atoms in total. The fourth-order valence-electron chi connectivity index (χ4n) is 6.47. The van der Waals surface area contributed by atoms with Crippen LogP contribution in [0.1, 0.15) is 89.4 Å². The minimum atomic E-state index is -0.440. The minimum absolute atomic E-state index is 0.0773. The number of piperidine rings is 1. The van der Waals surface area contributed by atoms with Crippen LogP contribution in [0.25, 0.3) is 16.8 Å². The first-order valence-corrected chi connectivity index (χ1v) is 14.8. The van der Waals surface area contributed by atoms with Crippen LogP contribution in [0.15, 0.2) is 60.9 Å². The normalized spacial score (nSPS) is 20.0. The summed E-state index contributed by atoms with van der Waals surface area (Å²) in [5.74, 6) is -0.707. The zero-order valence-corrected chi connectivity index (χ0v) is 24.3. The number of likely N-dealkylation sites (tertiary alicyclic amines) is 1. The van der Waals surface area contributed by atoms with Gasteiger partial charge in [0, 0.05) is 60.8 Å². The first-order chi connectivity index (χ1) is 20.4. The molecule has 1 amide bonds. The number of carbonyl (C=O) groups excluding carboxylic acids is 2. The van der Waals surface area contributed by atoms with Gasteiger partial charge in [-0.3, -0.25) is 9.48 Å². The molecule has 2 fully saturated rings. The number of halogens is 1. The molecule has 1 saturated carbocycles. The molecule has 1 aliphatic heterocycles. The second-order valence-electron chi connectivity index (χ2n) is 11.5. The molecule has 3 heterocycles. The molecule has 3 atom stereocenters. The molecule has 4 aromatic rings. The Balaban J connectivity index is 1.34. The number of benzene rings is 2. The summed E-state index contributed by atoms with van der Waals surface area (Å²) in [5, 5.41) is 8.36. The standard InChI is InChI=1S/C33H36FN5O3/c1-4-8-25-10-5-6-13-39(25)32(40)23-15-22(16-24(34)17-23)21-9-7-11-26(18-21)38-14-12-27(33(41)42-3)31(38)29-19-28(29)30-20-37(2)36-35-30/h7,9,11-12,14-18,20,25,28-29H,4-6,8,10,13,19H2,1-3H3. The predicted octanol–water partition coefficient (Wildman–Crippen LogP) is 6.26. The number of methoxy groups -OCH3 is 1. The molecule has 9 heteroatoms. The molecule has 6 rings (SSSR count). The zero-order valence-electron chi connectivity index (χ0n) is 24.3. The second kappa shape index (κ2) is 11.5. The van der Waals surface area contributed by atoms with Crippen molar-refractivity contribution in [2.24, 2.45) is 7.05 Å². The molecule has 1 saturated heterocycles. The van der Waals surface area contributed by atoms with Crippen LogP contribution in [-0.2, 0) is 11.8 Å². The van der Waals surface area contributed by atoms with Crippen LogP contribution in [0.4, 0.5) is 4.39 Å². The van der Waals surface area contributed by atoms with Crippen molar-refractivity contribution in [3.05, 3.63) is 89.3 Å². The number of carbonyl (C=O) groups is 2. The van der Waals surface area contributed by atoms with Crippen LogP contribution >= 0.6 is 0 Å². The number of rotatable bonds is 8. The topological polar surface area (TPSA) is 82.3 Å². The molecular formula is C33H36FN5O3. The van der Waals surface area contributed by atoms with Crippen molar-refractivity contribution in [1.29, 1.82) is 0 Å². The molecule has 3 unspecified atom stereocenters. The maximum absolute atomic E-state index is 15.0. The van der Waals surface area contributed by atoms with E-state index in [0.717, 1.165) is 61.2 Å².